The highest BCUT2D eigenvalue weighted by Crippen LogP contribution is 2.19. The first-order chi connectivity index (χ1) is 14.1. The van der Waals surface area contributed by atoms with Crippen LogP contribution in [0.1, 0.15) is 34.3 Å². The van der Waals surface area contributed by atoms with Gasteiger partial charge in [-0.15, -0.1) is 0 Å². The predicted molar refractivity (Wildman–Crippen MR) is 112 cm³/mol. The minimum atomic E-state index is -0.222. The number of aromatic nitrogens is 2. The number of halogens is 1. The minimum Gasteiger partial charge on any atom is -0.338 e. The largest absolute Gasteiger partial charge is 0.338 e. The van der Waals surface area contributed by atoms with E-state index in [1.54, 1.807) is 23.0 Å². The lowest BCUT2D eigenvalue weighted by Gasteiger charge is -2.16. The van der Waals surface area contributed by atoms with Crippen molar-refractivity contribution in [2.45, 2.75) is 25.9 Å². The van der Waals surface area contributed by atoms with E-state index < -0.39 is 0 Å². The molecule has 0 saturated carbocycles. The van der Waals surface area contributed by atoms with Crippen LogP contribution in [0, 0.1) is 0 Å². The van der Waals surface area contributed by atoms with Crippen LogP contribution in [0.25, 0.3) is 0 Å². The highest BCUT2D eigenvalue weighted by atomic mass is 35.5. The lowest BCUT2D eigenvalue weighted by molar-refractivity contribution is -0.128. The van der Waals surface area contributed by atoms with Gasteiger partial charge >= 0.3 is 0 Å². The molecule has 0 radical (unpaired) electrons. The molecule has 1 aliphatic heterocycles. The summed E-state index contributed by atoms with van der Waals surface area (Å²) < 4.78 is 1.70. The zero-order chi connectivity index (χ0) is 20.2. The average Bonchev–Trinajstić information content (AvgIpc) is 3.33. The van der Waals surface area contributed by atoms with Crippen LogP contribution in [0.3, 0.4) is 0 Å². The number of hydrogen-bond donors (Lipinski definition) is 1. The Balaban J connectivity index is 1.46. The van der Waals surface area contributed by atoms with Crippen molar-refractivity contribution in [2.24, 2.45) is 0 Å². The number of nitrogens with one attached hydrogen (secondary N) is 1. The third-order valence-corrected chi connectivity index (χ3v) is 5.34. The highest BCUT2D eigenvalue weighted by molar-refractivity contribution is 6.31. The topological polar surface area (TPSA) is 67.2 Å². The van der Waals surface area contributed by atoms with E-state index >= 15 is 0 Å². The zero-order valence-corrected chi connectivity index (χ0v) is 16.6. The molecule has 2 heterocycles. The Bertz CT molecular complexity index is 1050. The summed E-state index contributed by atoms with van der Waals surface area (Å²) in [4.78, 5) is 26.5. The number of carbonyl (C=O) groups is 2. The van der Waals surface area contributed by atoms with E-state index in [1.165, 1.54) is 0 Å². The van der Waals surface area contributed by atoms with Gasteiger partial charge in [0.2, 0.25) is 5.91 Å². The molecular formula is C22H21ClN4O2. The van der Waals surface area contributed by atoms with E-state index in [9.17, 15) is 9.59 Å². The Kier molecular flexibility index (Phi) is 5.62. The maximum atomic E-state index is 12.8. The van der Waals surface area contributed by atoms with Gasteiger partial charge in [-0.1, -0.05) is 41.9 Å². The molecule has 1 saturated heterocycles. The molecule has 2 aromatic carbocycles. The summed E-state index contributed by atoms with van der Waals surface area (Å²) >= 11 is 6.24. The first-order valence-corrected chi connectivity index (χ1v) is 9.91. The molecule has 1 N–H and O–H groups in total. The molecule has 4 rings (SSSR count). The molecule has 6 nitrogen and oxygen atoms in total. The van der Waals surface area contributed by atoms with Gasteiger partial charge in [-0.2, -0.15) is 5.10 Å². The number of hydrogen-bond acceptors (Lipinski definition) is 3. The Morgan fingerprint density at radius 1 is 1.10 bits per heavy atom. The van der Waals surface area contributed by atoms with E-state index in [-0.39, 0.29) is 11.8 Å². The number of benzene rings is 2. The van der Waals surface area contributed by atoms with Gasteiger partial charge in [0, 0.05) is 36.2 Å². The molecule has 7 heteroatoms. The second kappa shape index (κ2) is 8.49. The number of anilines is 1. The Labute approximate surface area is 174 Å². The van der Waals surface area contributed by atoms with Crippen molar-refractivity contribution in [3.63, 3.8) is 0 Å². The first kappa shape index (κ1) is 19.2. The van der Waals surface area contributed by atoms with Crippen LogP contribution in [-0.2, 0) is 17.9 Å². The molecule has 29 heavy (non-hydrogen) atoms. The molecule has 0 bridgehead atoms. The fourth-order valence-corrected chi connectivity index (χ4v) is 3.64. The molecule has 0 aliphatic carbocycles. The van der Waals surface area contributed by atoms with E-state index in [0.29, 0.717) is 35.9 Å². The standard InChI is InChI=1S/C22H21ClN4O2/c23-19-8-2-1-6-18(19)15-27-20(10-11-24-27)25-22(29)17-7-3-5-16(13-17)14-26-12-4-9-21(26)28/h1-3,5-8,10-11,13H,4,9,12,14-15H2,(H,25,29). The van der Waals surface area contributed by atoms with Gasteiger partial charge in [-0.3, -0.25) is 9.59 Å². The van der Waals surface area contributed by atoms with Gasteiger partial charge in [0.1, 0.15) is 5.82 Å². The molecule has 0 atom stereocenters. The van der Waals surface area contributed by atoms with Crippen LogP contribution in [0.15, 0.2) is 60.8 Å². The van der Waals surface area contributed by atoms with Crippen molar-refractivity contribution < 1.29 is 9.59 Å². The van der Waals surface area contributed by atoms with E-state index in [2.05, 4.69) is 10.4 Å². The van der Waals surface area contributed by atoms with Crippen molar-refractivity contribution in [3.8, 4) is 0 Å². The summed E-state index contributed by atoms with van der Waals surface area (Å²) in [5.74, 6) is 0.541. The summed E-state index contributed by atoms with van der Waals surface area (Å²) in [6.45, 7) is 1.76. The molecule has 0 unspecified atom stereocenters. The van der Waals surface area contributed by atoms with Crippen molar-refractivity contribution in [1.29, 1.82) is 0 Å². The Morgan fingerprint density at radius 3 is 2.76 bits per heavy atom. The summed E-state index contributed by atoms with van der Waals surface area (Å²) in [6.07, 6.45) is 3.14. The highest BCUT2D eigenvalue weighted by Gasteiger charge is 2.20. The lowest BCUT2D eigenvalue weighted by Crippen LogP contribution is -2.24. The molecule has 0 spiro atoms. The van der Waals surface area contributed by atoms with Crippen molar-refractivity contribution in [2.75, 3.05) is 11.9 Å². The van der Waals surface area contributed by atoms with Crippen molar-refractivity contribution >= 4 is 29.2 Å². The third kappa shape index (κ3) is 4.49. The van der Waals surface area contributed by atoms with E-state index in [4.69, 9.17) is 11.6 Å². The number of likely N-dealkylation sites (tertiary alicyclic amines) is 1. The average molecular weight is 409 g/mol. The quantitative estimate of drug-likeness (QED) is 0.671. The van der Waals surface area contributed by atoms with Gasteiger partial charge in [0.15, 0.2) is 0 Å². The van der Waals surface area contributed by atoms with Gasteiger partial charge in [0.25, 0.3) is 5.91 Å². The van der Waals surface area contributed by atoms with Crippen molar-refractivity contribution in [3.05, 3.63) is 82.5 Å². The summed E-state index contributed by atoms with van der Waals surface area (Å²) in [5.41, 5.74) is 2.41. The third-order valence-electron chi connectivity index (χ3n) is 4.97. The number of rotatable bonds is 6. The maximum Gasteiger partial charge on any atom is 0.256 e. The van der Waals surface area contributed by atoms with Crippen LogP contribution in [0.4, 0.5) is 5.82 Å². The Morgan fingerprint density at radius 2 is 1.97 bits per heavy atom. The monoisotopic (exact) mass is 408 g/mol. The molecule has 1 fully saturated rings. The van der Waals surface area contributed by atoms with Crippen LogP contribution in [-0.4, -0.2) is 33.0 Å². The van der Waals surface area contributed by atoms with E-state index in [1.807, 2.05) is 47.4 Å². The number of amides is 2. The molecule has 1 aliphatic rings. The van der Waals surface area contributed by atoms with Crippen molar-refractivity contribution in [1.82, 2.24) is 14.7 Å². The fraction of sp³-hybridized carbons (Fsp3) is 0.227. The molecule has 1 aromatic heterocycles. The second-order valence-corrected chi connectivity index (χ2v) is 7.45. The van der Waals surface area contributed by atoms with Gasteiger partial charge in [-0.05, 0) is 35.7 Å². The van der Waals surface area contributed by atoms with Crippen LogP contribution in [0.5, 0.6) is 0 Å². The van der Waals surface area contributed by atoms with Gasteiger partial charge < -0.3 is 10.2 Å². The second-order valence-electron chi connectivity index (χ2n) is 7.04. The number of nitrogens with zero attached hydrogens (tertiary/aromatic N) is 3. The van der Waals surface area contributed by atoms with Crippen LogP contribution >= 0.6 is 11.6 Å². The Hall–Kier alpha value is -3.12. The first-order valence-electron chi connectivity index (χ1n) is 9.53. The molecule has 2 amide bonds. The maximum absolute atomic E-state index is 12.8. The molecular weight excluding hydrogens is 388 g/mol. The summed E-state index contributed by atoms with van der Waals surface area (Å²) in [7, 11) is 0. The minimum absolute atomic E-state index is 0.170. The summed E-state index contributed by atoms with van der Waals surface area (Å²) in [6, 6.07) is 16.7. The number of carbonyl (C=O) groups excluding carboxylic acids is 2. The fourth-order valence-electron chi connectivity index (χ4n) is 3.44. The molecule has 148 valence electrons. The molecule has 3 aromatic rings. The van der Waals surface area contributed by atoms with E-state index in [0.717, 1.165) is 24.1 Å². The smallest absolute Gasteiger partial charge is 0.256 e. The summed E-state index contributed by atoms with van der Waals surface area (Å²) in [5, 5.41) is 7.86. The zero-order valence-electron chi connectivity index (χ0n) is 15.8. The van der Waals surface area contributed by atoms with Crippen LogP contribution < -0.4 is 5.32 Å². The lowest BCUT2D eigenvalue weighted by atomic mass is 10.1. The predicted octanol–water partition coefficient (Wildman–Crippen LogP) is 3.96. The van der Waals surface area contributed by atoms with Crippen LogP contribution in [0.2, 0.25) is 5.02 Å². The normalized spacial score (nSPS) is 13.7. The van der Waals surface area contributed by atoms with Gasteiger partial charge in [0.05, 0.1) is 12.7 Å². The van der Waals surface area contributed by atoms with Gasteiger partial charge in [-0.25, -0.2) is 4.68 Å². The SMILES string of the molecule is O=C(Nc1ccnn1Cc1ccccc1Cl)c1cccc(CN2CCCC2=O)c1.